The lowest BCUT2D eigenvalue weighted by Gasteiger charge is -2.63. The first-order valence-corrected chi connectivity index (χ1v) is 26.0. The van der Waals surface area contributed by atoms with E-state index >= 15 is 0 Å². The maximum Gasteiger partial charge on any atom is 0.362 e. The van der Waals surface area contributed by atoms with Crippen LogP contribution in [0.25, 0.3) is 0 Å². The number of nitrogens with zero attached hydrogens (tertiary/aromatic N) is 3. The zero-order chi connectivity index (χ0) is 44.9. The second kappa shape index (κ2) is 26.3. The van der Waals surface area contributed by atoms with E-state index in [9.17, 15) is 14.4 Å². The zero-order valence-electron chi connectivity index (χ0n) is 41.8. The number of likely N-dealkylation sites (N-methyl/N-ethyl adjacent to an activating group) is 3. The van der Waals surface area contributed by atoms with Gasteiger partial charge in [0.25, 0.3) is 0 Å². The Hall–Kier alpha value is -1.71. The SMILES string of the molecule is CCCCCCCCCC[N+](C)(C)CC(=O)OC12CC3CC(OC(=O)C[N+](C)(C)CCCCCCCCCC)(C1)CC(OC(=O)C[N+](C)(C)CCCCCCCCCC)(C3)C2. The minimum absolute atomic E-state index is 0.157. The quantitative estimate of drug-likeness (QED) is 0.0270. The number of unbranched alkanes of at least 4 members (excludes halogenated alkanes) is 21. The molecule has 9 nitrogen and oxygen atoms in total. The molecule has 0 aliphatic heterocycles. The van der Waals surface area contributed by atoms with Gasteiger partial charge in [-0.05, 0) is 63.7 Å². The summed E-state index contributed by atoms with van der Waals surface area (Å²) in [6.45, 7) is 10.5. The van der Waals surface area contributed by atoms with Crippen molar-refractivity contribution in [1.82, 2.24) is 0 Å². The van der Waals surface area contributed by atoms with Crippen molar-refractivity contribution in [3.8, 4) is 0 Å². The van der Waals surface area contributed by atoms with Gasteiger partial charge in [0.2, 0.25) is 0 Å². The van der Waals surface area contributed by atoms with Crippen LogP contribution in [-0.2, 0) is 28.6 Å². The second-order valence-corrected chi connectivity index (χ2v) is 22.9. The lowest BCUT2D eigenvalue weighted by atomic mass is 9.50. The van der Waals surface area contributed by atoms with Gasteiger partial charge in [0.05, 0.1) is 61.9 Å². The summed E-state index contributed by atoms with van der Waals surface area (Å²) in [4.78, 5) is 41.9. The molecule has 61 heavy (non-hydrogen) atoms. The Morgan fingerprint density at radius 1 is 0.377 bits per heavy atom. The van der Waals surface area contributed by atoms with Gasteiger partial charge in [-0.2, -0.15) is 0 Å². The van der Waals surface area contributed by atoms with Crippen molar-refractivity contribution >= 4 is 17.9 Å². The van der Waals surface area contributed by atoms with Gasteiger partial charge in [0, 0.05) is 19.3 Å². The lowest BCUT2D eigenvalue weighted by Crippen LogP contribution is -2.69. The molecule has 356 valence electrons. The standard InChI is InChI=1S/C52H100N3O6/c1-10-13-16-19-22-25-28-31-34-53(4,5)40-47(56)59-50-37-46-38-51(43-50,60-48(57)41-54(6,7)35-32-29-26-23-20-17-14-11-2)45-52(39-46,44-50)61-49(58)42-55(8,9)36-33-30-27-24-21-18-15-12-3/h46H,10-45H2,1-9H3/q+3. The van der Waals surface area contributed by atoms with Crippen LogP contribution in [0.1, 0.15) is 213 Å². The fourth-order valence-electron chi connectivity index (χ4n) is 11.6. The van der Waals surface area contributed by atoms with Crippen LogP contribution in [0.4, 0.5) is 0 Å². The van der Waals surface area contributed by atoms with Crippen LogP contribution in [0.3, 0.4) is 0 Å². The van der Waals surface area contributed by atoms with E-state index in [2.05, 4.69) is 63.1 Å². The van der Waals surface area contributed by atoms with Crippen molar-refractivity contribution in [1.29, 1.82) is 0 Å². The second-order valence-electron chi connectivity index (χ2n) is 22.9. The summed E-state index contributed by atoms with van der Waals surface area (Å²) in [5, 5.41) is 0. The van der Waals surface area contributed by atoms with Gasteiger partial charge in [-0.1, -0.05) is 136 Å². The Balaban J connectivity index is 1.66. The summed E-state index contributed by atoms with van der Waals surface area (Å²) < 4.78 is 21.7. The highest BCUT2D eigenvalue weighted by atomic mass is 16.6. The molecular formula is C52H100N3O6+3. The Labute approximate surface area is 376 Å². The smallest absolute Gasteiger partial charge is 0.362 e. The predicted octanol–water partition coefficient (Wildman–Crippen LogP) is 11.5. The van der Waals surface area contributed by atoms with E-state index in [4.69, 9.17) is 14.2 Å². The van der Waals surface area contributed by atoms with E-state index in [1.54, 1.807) is 0 Å². The molecule has 0 aromatic carbocycles. The molecule has 0 aromatic rings. The first-order valence-electron chi connectivity index (χ1n) is 26.0. The van der Waals surface area contributed by atoms with Gasteiger partial charge in [0.1, 0.15) is 16.8 Å². The van der Waals surface area contributed by atoms with Crippen LogP contribution in [-0.4, -0.2) is 130 Å². The van der Waals surface area contributed by atoms with Crippen LogP contribution in [0.5, 0.6) is 0 Å². The number of rotatable bonds is 36. The molecule has 0 saturated heterocycles. The minimum atomic E-state index is -0.807. The number of carbonyl (C=O) groups excluding carboxylic acids is 3. The number of quaternary nitrogens is 3. The molecule has 4 saturated carbocycles. The van der Waals surface area contributed by atoms with Gasteiger partial charge >= 0.3 is 17.9 Å². The maximum atomic E-state index is 14.0. The highest BCUT2D eigenvalue weighted by molar-refractivity contribution is 5.73. The summed E-state index contributed by atoms with van der Waals surface area (Å²) >= 11 is 0. The molecule has 9 heteroatoms. The van der Waals surface area contributed by atoms with E-state index in [-0.39, 0.29) is 23.8 Å². The maximum absolute atomic E-state index is 14.0. The molecular weight excluding hydrogens is 763 g/mol. The molecule has 4 aliphatic carbocycles. The molecule has 4 bridgehead atoms. The molecule has 0 radical (unpaired) electrons. The van der Waals surface area contributed by atoms with Crippen LogP contribution in [0, 0.1) is 5.92 Å². The van der Waals surface area contributed by atoms with Crippen molar-refractivity contribution < 1.29 is 42.0 Å². The fourth-order valence-corrected chi connectivity index (χ4v) is 11.6. The van der Waals surface area contributed by atoms with E-state index in [0.717, 1.165) is 58.2 Å². The Morgan fingerprint density at radius 2 is 0.590 bits per heavy atom. The molecule has 4 fully saturated rings. The first-order chi connectivity index (χ1) is 28.9. The van der Waals surface area contributed by atoms with Gasteiger partial charge < -0.3 is 27.7 Å². The first kappa shape index (κ1) is 53.6. The summed E-state index contributed by atoms with van der Waals surface area (Å²) in [6.07, 6.45) is 34.0. The van der Waals surface area contributed by atoms with Gasteiger partial charge in [-0.25, -0.2) is 14.4 Å². The molecule has 0 heterocycles. The summed E-state index contributed by atoms with van der Waals surface area (Å²) in [5.41, 5.74) is -2.42. The average Bonchev–Trinajstić information content (AvgIpc) is 3.12. The molecule has 0 aromatic heterocycles. The number of esters is 3. The Kier molecular flexibility index (Phi) is 23.1. The summed E-state index contributed by atoms with van der Waals surface area (Å²) in [6, 6.07) is 0. The highest BCUT2D eigenvalue weighted by Gasteiger charge is 2.68. The molecule has 0 amide bonds. The van der Waals surface area contributed by atoms with E-state index in [1.807, 2.05) is 0 Å². The summed E-state index contributed by atoms with van der Waals surface area (Å²) in [5.74, 6) is -0.425. The fraction of sp³-hybridized carbons (Fsp3) is 0.942. The van der Waals surface area contributed by atoms with E-state index in [1.165, 1.54) is 135 Å². The number of hydrogen-bond donors (Lipinski definition) is 0. The summed E-state index contributed by atoms with van der Waals surface area (Å²) in [7, 11) is 12.8. The molecule has 4 rings (SSSR count). The van der Waals surface area contributed by atoms with Crippen molar-refractivity contribution in [3.63, 3.8) is 0 Å². The van der Waals surface area contributed by atoms with E-state index < -0.39 is 16.8 Å². The average molecular weight is 863 g/mol. The third kappa shape index (κ3) is 20.8. The zero-order valence-corrected chi connectivity index (χ0v) is 41.8. The van der Waals surface area contributed by atoms with Gasteiger partial charge in [0.15, 0.2) is 19.6 Å². The number of carbonyl (C=O) groups is 3. The van der Waals surface area contributed by atoms with Crippen molar-refractivity contribution in [2.45, 2.75) is 230 Å². The number of hydrogen-bond acceptors (Lipinski definition) is 6. The third-order valence-corrected chi connectivity index (χ3v) is 14.4. The lowest BCUT2D eigenvalue weighted by molar-refractivity contribution is -0.883. The van der Waals surface area contributed by atoms with Crippen LogP contribution in [0.15, 0.2) is 0 Å². The van der Waals surface area contributed by atoms with Crippen LogP contribution < -0.4 is 0 Å². The predicted molar refractivity (Wildman–Crippen MR) is 251 cm³/mol. The van der Waals surface area contributed by atoms with Gasteiger partial charge in [-0.15, -0.1) is 0 Å². The van der Waals surface area contributed by atoms with Crippen molar-refractivity contribution in [3.05, 3.63) is 0 Å². The van der Waals surface area contributed by atoms with Crippen molar-refractivity contribution in [2.75, 3.05) is 81.6 Å². The highest BCUT2D eigenvalue weighted by Crippen LogP contribution is 2.63. The van der Waals surface area contributed by atoms with Crippen LogP contribution in [0.2, 0.25) is 0 Å². The van der Waals surface area contributed by atoms with Crippen LogP contribution >= 0.6 is 0 Å². The number of ether oxygens (including phenoxy) is 3. The largest absolute Gasteiger partial charge is 0.455 e. The van der Waals surface area contributed by atoms with E-state index in [0.29, 0.717) is 52.3 Å². The third-order valence-electron chi connectivity index (χ3n) is 14.4. The molecule has 0 unspecified atom stereocenters. The van der Waals surface area contributed by atoms with Crippen molar-refractivity contribution in [2.24, 2.45) is 5.92 Å². The Bertz CT molecular complexity index is 1120. The molecule has 0 N–H and O–H groups in total. The minimum Gasteiger partial charge on any atom is -0.455 e. The topological polar surface area (TPSA) is 78.9 Å². The molecule has 0 spiro atoms. The molecule has 0 atom stereocenters. The molecule has 4 aliphatic rings. The monoisotopic (exact) mass is 863 g/mol. The normalized spacial score (nSPS) is 23.7. The Morgan fingerprint density at radius 3 is 0.820 bits per heavy atom. The van der Waals surface area contributed by atoms with Gasteiger partial charge in [-0.3, -0.25) is 0 Å².